The summed E-state index contributed by atoms with van der Waals surface area (Å²) in [5.41, 5.74) is 1.08. The molecular weight excluding hydrogens is 359 g/mol. The average molecular weight is 381 g/mol. The van der Waals surface area contributed by atoms with E-state index < -0.39 is 0 Å². The molecule has 1 aromatic heterocycles. The SMILES string of the molecule is Cc1nnc(CN=C(NC2CC2)N(C)Cc2ccc(Cl)c(Cl)c2)n1C. The first-order valence-electron chi connectivity index (χ1n) is 8.25. The van der Waals surface area contributed by atoms with Gasteiger partial charge in [-0.1, -0.05) is 29.3 Å². The minimum Gasteiger partial charge on any atom is -0.353 e. The third-order valence-corrected chi connectivity index (χ3v) is 4.97. The molecule has 0 spiro atoms. The molecule has 0 unspecified atom stereocenters. The van der Waals surface area contributed by atoms with E-state index in [0.717, 1.165) is 23.2 Å². The second-order valence-electron chi connectivity index (χ2n) is 6.39. The van der Waals surface area contributed by atoms with Crippen molar-refractivity contribution in [2.75, 3.05) is 7.05 Å². The molecule has 1 aliphatic carbocycles. The number of nitrogens with one attached hydrogen (secondary N) is 1. The topological polar surface area (TPSA) is 58.3 Å². The lowest BCUT2D eigenvalue weighted by atomic mass is 10.2. The Morgan fingerprint density at radius 2 is 2.08 bits per heavy atom. The number of halogens is 2. The minimum absolute atomic E-state index is 0.484. The van der Waals surface area contributed by atoms with Gasteiger partial charge in [0, 0.05) is 26.7 Å². The summed E-state index contributed by atoms with van der Waals surface area (Å²) in [5, 5.41) is 12.9. The zero-order chi connectivity index (χ0) is 18.0. The molecule has 1 heterocycles. The summed E-state index contributed by atoms with van der Waals surface area (Å²) in [7, 11) is 3.96. The quantitative estimate of drug-likeness (QED) is 0.639. The highest BCUT2D eigenvalue weighted by atomic mass is 35.5. The van der Waals surface area contributed by atoms with Crippen molar-refractivity contribution in [1.29, 1.82) is 0 Å². The Labute approximate surface area is 157 Å². The molecule has 0 bridgehead atoms. The second-order valence-corrected chi connectivity index (χ2v) is 7.20. The van der Waals surface area contributed by atoms with Gasteiger partial charge in [-0.2, -0.15) is 0 Å². The lowest BCUT2D eigenvalue weighted by Gasteiger charge is -2.22. The maximum atomic E-state index is 6.12. The molecule has 0 atom stereocenters. The van der Waals surface area contributed by atoms with E-state index in [9.17, 15) is 0 Å². The Morgan fingerprint density at radius 3 is 2.68 bits per heavy atom. The van der Waals surface area contributed by atoms with Crippen LogP contribution in [-0.4, -0.2) is 38.7 Å². The predicted octanol–water partition coefficient (Wildman–Crippen LogP) is 3.17. The third-order valence-electron chi connectivity index (χ3n) is 4.23. The maximum absolute atomic E-state index is 6.12. The Bertz CT molecular complexity index is 781. The second kappa shape index (κ2) is 7.62. The van der Waals surface area contributed by atoms with Crippen LogP contribution in [0.3, 0.4) is 0 Å². The maximum Gasteiger partial charge on any atom is 0.194 e. The van der Waals surface area contributed by atoms with Gasteiger partial charge in [-0.25, -0.2) is 4.99 Å². The van der Waals surface area contributed by atoms with E-state index in [1.807, 2.05) is 43.8 Å². The number of hydrogen-bond donors (Lipinski definition) is 1. The molecule has 1 fully saturated rings. The molecule has 134 valence electrons. The normalized spacial score (nSPS) is 14.7. The molecule has 1 N–H and O–H groups in total. The van der Waals surface area contributed by atoms with Gasteiger partial charge < -0.3 is 14.8 Å². The number of aryl methyl sites for hydroxylation is 1. The van der Waals surface area contributed by atoms with E-state index in [1.165, 1.54) is 12.8 Å². The molecule has 1 saturated carbocycles. The van der Waals surface area contributed by atoms with E-state index in [1.54, 1.807) is 0 Å². The van der Waals surface area contributed by atoms with Gasteiger partial charge in [-0.05, 0) is 37.5 Å². The van der Waals surface area contributed by atoms with Crippen LogP contribution >= 0.6 is 23.2 Å². The summed E-state index contributed by atoms with van der Waals surface area (Å²) in [6.45, 7) is 3.10. The summed E-state index contributed by atoms with van der Waals surface area (Å²) in [6.07, 6.45) is 2.37. The summed E-state index contributed by atoms with van der Waals surface area (Å²) < 4.78 is 1.96. The first-order valence-corrected chi connectivity index (χ1v) is 9.00. The minimum atomic E-state index is 0.484. The highest BCUT2D eigenvalue weighted by Crippen LogP contribution is 2.23. The van der Waals surface area contributed by atoms with Gasteiger partial charge in [0.2, 0.25) is 0 Å². The Hall–Kier alpha value is -1.79. The fraction of sp³-hybridized carbons (Fsp3) is 0.471. The van der Waals surface area contributed by atoms with Crippen LogP contribution in [0.25, 0.3) is 0 Å². The molecule has 0 radical (unpaired) electrons. The van der Waals surface area contributed by atoms with Crippen molar-refractivity contribution in [2.24, 2.45) is 12.0 Å². The van der Waals surface area contributed by atoms with Gasteiger partial charge in [-0.3, -0.25) is 0 Å². The van der Waals surface area contributed by atoms with Gasteiger partial charge in [0.1, 0.15) is 12.4 Å². The number of nitrogens with zero attached hydrogens (tertiary/aromatic N) is 5. The predicted molar refractivity (Wildman–Crippen MR) is 101 cm³/mol. The van der Waals surface area contributed by atoms with Crippen molar-refractivity contribution in [2.45, 2.75) is 38.9 Å². The molecular formula is C17H22Cl2N6. The van der Waals surface area contributed by atoms with Crippen LogP contribution in [-0.2, 0) is 20.1 Å². The van der Waals surface area contributed by atoms with Gasteiger partial charge in [0.15, 0.2) is 11.8 Å². The Balaban J connectivity index is 1.73. The van der Waals surface area contributed by atoms with Crippen molar-refractivity contribution in [1.82, 2.24) is 25.0 Å². The van der Waals surface area contributed by atoms with Gasteiger partial charge in [0.25, 0.3) is 0 Å². The molecule has 2 aromatic rings. The summed E-state index contributed by atoms with van der Waals surface area (Å²) in [5.74, 6) is 2.58. The van der Waals surface area contributed by atoms with Crippen molar-refractivity contribution >= 4 is 29.2 Å². The van der Waals surface area contributed by atoms with Crippen LogP contribution in [0, 0.1) is 6.92 Å². The standard InChI is InChI=1S/C17H22Cl2N6/c1-11-22-23-16(25(11)3)9-20-17(21-13-5-6-13)24(2)10-12-4-7-14(18)15(19)8-12/h4,7-8,13H,5-6,9-10H2,1-3H3,(H,20,21). The smallest absolute Gasteiger partial charge is 0.194 e. The van der Waals surface area contributed by atoms with Crippen LogP contribution < -0.4 is 5.32 Å². The van der Waals surface area contributed by atoms with Crippen LogP contribution in [0.5, 0.6) is 0 Å². The van der Waals surface area contributed by atoms with Gasteiger partial charge >= 0.3 is 0 Å². The van der Waals surface area contributed by atoms with Crippen molar-refractivity contribution in [3.63, 3.8) is 0 Å². The average Bonchev–Trinajstić information content (AvgIpc) is 3.34. The molecule has 0 saturated heterocycles. The fourth-order valence-electron chi connectivity index (χ4n) is 2.41. The van der Waals surface area contributed by atoms with E-state index in [0.29, 0.717) is 29.2 Å². The van der Waals surface area contributed by atoms with E-state index in [4.69, 9.17) is 28.2 Å². The van der Waals surface area contributed by atoms with Crippen LogP contribution in [0.2, 0.25) is 10.0 Å². The van der Waals surface area contributed by atoms with E-state index >= 15 is 0 Å². The molecule has 25 heavy (non-hydrogen) atoms. The fourth-order valence-corrected chi connectivity index (χ4v) is 2.73. The molecule has 1 aliphatic rings. The molecule has 8 heteroatoms. The molecule has 0 aliphatic heterocycles. The largest absolute Gasteiger partial charge is 0.353 e. The van der Waals surface area contributed by atoms with Crippen molar-refractivity contribution in [3.05, 3.63) is 45.5 Å². The van der Waals surface area contributed by atoms with Gasteiger partial charge in [-0.15, -0.1) is 10.2 Å². The third kappa shape index (κ3) is 4.64. The lowest BCUT2D eigenvalue weighted by Crippen LogP contribution is -2.39. The van der Waals surface area contributed by atoms with E-state index in [2.05, 4.69) is 20.4 Å². The van der Waals surface area contributed by atoms with E-state index in [-0.39, 0.29) is 0 Å². The number of rotatable bonds is 5. The highest BCUT2D eigenvalue weighted by molar-refractivity contribution is 6.42. The van der Waals surface area contributed by atoms with Crippen molar-refractivity contribution in [3.8, 4) is 0 Å². The summed E-state index contributed by atoms with van der Waals surface area (Å²) >= 11 is 12.1. The van der Waals surface area contributed by atoms with Crippen LogP contribution in [0.1, 0.15) is 30.1 Å². The first kappa shape index (κ1) is 18.0. The van der Waals surface area contributed by atoms with Gasteiger partial charge in [0.05, 0.1) is 10.0 Å². The summed E-state index contributed by atoms with van der Waals surface area (Å²) in [4.78, 5) is 6.82. The number of aliphatic imine (C=N–C) groups is 1. The molecule has 6 nitrogen and oxygen atoms in total. The zero-order valence-corrected chi connectivity index (χ0v) is 16.1. The zero-order valence-electron chi connectivity index (χ0n) is 14.6. The number of benzene rings is 1. The lowest BCUT2D eigenvalue weighted by molar-refractivity contribution is 0.473. The molecule has 0 amide bonds. The number of hydrogen-bond acceptors (Lipinski definition) is 3. The monoisotopic (exact) mass is 380 g/mol. The summed E-state index contributed by atoms with van der Waals surface area (Å²) in [6, 6.07) is 6.20. The highest BCUT2D eigenvalue weighted by Gasteiger charge is 2.24. The number of aromatic nitrogens is 3. The Kier molecular flexibility index (Phi) is 5.49. The molecule has 1 aromatic carbocycles. The first-order chi connectivity index (χ1) is 11.9. The van der Waals surface area contributed by atoms with Crippen LogP contribution in [0.15, 0.2) is 23.2 Å². The Morgan fingerprint density at radius 1 is 1.32 bits per heavy atom. The van der Waals surface area contributed by atoms with Crippen molar-refractivity contribution < 1.29 is 0 Å². The van der Waals surface area contributed by atoms with Crippen LogP contribution in [0.4, 0.5) is 0 Å². The molecule has 3 rings (SSSR count). The number of guanidine groups is 1.